The smallest absolute Gasteiger partial charge is 0.243 e. The van der Waals surface area contributed by atoms with Crippen LogP contribution in [0.15, 0.2) is 23.7 Å². The summed E-state index contributed by atoms with van der Waals surface area (Å²) in [7, 11) is 0. The molecule has 1 aromatic carbocycles. The van der Waals surface area contributed by atoms with Crippen molar-refractivity contribution in [2.24, 2.45) is 11.8 Å². The van der Waals surface area contributed by atoms with Crippen LogP contribution in [0.3, 0.4) is 0 Å². The second-order valence-electron chi connectivity index (χ2n) is 9.78. The average molecular weight is 501 g/mol. The molecule has 2 heterocycles. The van der Waals surface area contributed by atoms with E-state index in [1.807, 2.05) is 26.8 Å². The molecule has 1 saturated heterocycles. The van der Waals surface area contributed by atoms with E-state index in [4.69, 9.17) is 5.41 Å². The largest absolute Gasteiger partial charge is 0.508 e. The zero-order chi connectivity index (χ0) is 25.9. The molecule has 1 aliphatic heterocycles. The lowest BCUT2D eigenvalue weighted by molar-refractivity contribution is -0.146. The van der Waals surface area contributed by atoms with E-state index in [9.17, 15) is 19.8 Å². The highest BCUT2D eigenvalue weighted by atomic mass is 32.1. The summed E-state index contributed by atoms with van der Waals surface area (Å²) in [6.45, 7) is 9.54. The Morgan fingerprint density at radius 2 is 2.03 bits per heavy atom. The minimum absolute atomic E-state index is 0.0902. The van der Waals surface area contributed by atoms with Crippen molar-refractivity contribution in [1.82, 2.24) is 15.2 Å². The molecule has 8 nitrogen and oxygen atoms in total. The van der Waals surface area contributed by atoms with Gasteiger partial charge in [0.25, 0.3) is 0 Å². The highest BCUT2D eigenvalue weighted by molar-refractivity contribution is 7.13. The van der Waals surface area contributed by atoms with Crippen molar-refractivity contribution in [3.63, 3.8) is 0 Å². The summed E-state index contributed by atoms with van der Waals surface area (Å²) < 4.78 is 0. The number of carbonyl (C=O) groups is 2. The summed E-state index contributed by atoms with van der Waals surface area (Å²) in [5.41, 5.74) is 4.45. The van der Waals surface area contributed by atoms with Gasteiger partial charge in [0.1, 0.15) is 11.8 Å². The Labute approximate surface area is 210 Å². The van der Waals surface area contributed by atoms with Crippen LogP contribution in [-0.2, 0) is 9.59 Å². The number of hydrogen-bond acceptors (Lipinski definition) is 7. The number of carbonyl (C=O) groups excluding carboxylic acids is 2. The molecule has 4 atom stereocenters. The number of amides is 2. The summed E-state index contributed by atoms with van der Waals surface area (Å²) in [5, 5.41) is 31.9. The number of benzene rings is 1. The van der Waals surface area contributed by atoms with Crippen LogP contribution in [0, 0.1) is 24.2 Å². The molecule has 1 unspecified atom stereocenters. The highest BCUT2D eigenvalue weighted by Crippen LogP contribution is 2.34. The molecule has 1 aliphatic rings. The first-order valence-corrected chi connectivity index (χ1v) is 13.0. The Morgan fingerprint density at radius 1 is 1.31 bits per heavy atom. The fourth-order valence-electron chi connectivity index (χ4n) is 4.85. The Kier molecular flexibility index (Phi) is 8.66. The van der Waals surface area contributed by atoms with Crippen molar-refractivity contribution < 1.29 is 19.8 Å². The van der Waals surface area contributed by atoms with Gasteiger partial charge in [0.15, 0.2) is 0 Å². The minimum atomic E-state index is -0.958. The molecule has 190 valence electrons. The molecule has 2 aromatic rings. The van der Waals surface area contributed by atoms with Crippen molar-refractivity contribution in [2.75, 3.05) is 6.54 Å². The van der Waals surface area contributed by atoms with Crippen LogP contribution in [0.25, 0.3) is 10.4 Å². The van der Waals surface area contributed by atoms with Crippen molar-refractivity contribution in [3.8, 4) is 16.2 Å². The molecular weight excluding hydrogens is 464 g/mol. The number of hydrogen-bond donors (Lipinski definition) is 4. The molecule has 1 fully saturated rings. The molecule has 9 heteroatoms. The predicted molar refractivity (Wildman–Crippen MR) is 138 cm³/mol. The number of likely N-dealkylation sites (tertiary alicyclic amines) is 1. The fraction of sp³-hybridized carbons (Fsp3) is 0.538. The molecule has 2 amide bonds. The summed E-state index contributed by atoms with van der Waals surface area (Å²) >= 11 is 1.51. The van der Waals surface area contributed by atoms with Crippen molar-refractivity contribution in [3.05, 3.63) is 35.0 Å². The summed E-state index contributed by atoms with van der Waals surface area (Å²) in [6, 6.07) is 4.31. The van der Waals surface area contributed by atoms with Gasteiger partial charge in [-0.3, -0.25) is 9.59 Å². The van der Waals surface area contributed by atoms with Crippen LogP contribution in [0.2, 0.25) is 0 Å². The molecule has 0 aliphatic carbocycles. The summed E-state index contributed by atoms with van der Waals surface area (Å²) in [6.07, 6.45) is 0.425. The number of thiazole rings is 1. The number of aliphatic hydroxyl groups is 1. The zero-order valence-electron chi connectivity index (χ0n) is 21.0. The van der Waals surface area contributed by atoms with E-state index in [1.54, 1.807) is 36.4 Å². The molecule has 1 aromatic heterocycles. The van der Waals surface area contributed by atoms with Crippen LogP contribution in [0.1, 0.15) is 64.3 Å². The third-order valence-corrected chi connectivity index (χ3v) is 7.61. The average Bonchev–Trinajstić information content (AvgIpc) is 3.41. The Morgan fingerprint density at radius 3 is 2.60 bits per heavy atom. The van der Waals surface area contributed by atoms with Crippen molar-refractivity contribution in [2.45, 2.75) is 72.1 Å². The quantitative estimate of drug-likeness (QED) is 0.386. The minimum Gasteiger partial charge on any atom is -0.508 e. The van der Waals surface area contributed by atoms with E-state index in [0.29, 0.717) is 30.7 Å². The molecular formula is C26H36N4O4S. The first-order valence-electron chi connectivity index (χ1n) is 12.1. The number of phenols is 1. The number of aryl methyl sites for hydroxylation is 1. The normalized spacial score (nSPS) is 18.4. The van der Waals surface area contributed by atoms with Crippen LogP contribution < -0.4 is 5.32 Å². The lowest BCUT2D eigenvalue weighted by atomic mass is 9.86. The van der Waals surface area contributed by atoms with E-state index < -0.39 is 24.1 Å². The van der Waals surface area contributed by atoms with Gasteiger partial charge in [0.2, 0.25) is 11.8 Å². The van der Waals surface area contributed by atoms with E-state index in [1.165, 1.54) is 11.3 Å². The maximum Gasteiger partial charge on any atom is 0.243 e. The Hall–Kier alpha value is -2.78. The fourth-order valence-corrected chi connectivity index (χ4v) is 5.65. The second-order valence-corrected chi connectivity index (χ2v) is 10.6. The number of nitrogens with one attached hydrogen (secondary N) is 2. The molecule has 0 saturated carbocycles. The molecule has 3 rings (SSSR count). The molecule has 0 radical (unpaired) electrons. The number of aromatic nitrogens is 1. The molecule has 4 N–H and O–H groups in total. The van der Waals surface area contributed by atoms with Gasteiger partial charge in [-0.1, -0.05) is 26.0 Å². The maximum atomic E-state index is 13.4. The standard InChI is InChI=1S/C26H36N4O4S/c1-14(2)23(22(32)11-15(3)27)26(34)30-10-6-7-20(30)25(33)29-16(4)19-9-8-18(12-21(19)31)24-17(5)28-13-35-24/h8-9,12-14,16,20,22-23,27,31-32H,6-7,10-11H2,1-5H3,(H,29,33)/t16-,20-,22?,23+/m0/s1. The monoisotopic (exact) mass is 500 g/mol. The Bertz CT molecular complexity index is 1080. The van der Waals surface area contributed by atoms with Gasteiger partial charge in [-0.15, -0.1) is 11.3 Å². The topological polar surface area (TPSA) is 127 Å². The van der Waals surface area contributed by atoms with Crippen LogP contribution in [0.4, 0.5) is 0 Å². The van der Waals surface area contributed by atoms with Crippen molar-refractivity contribution in [1.29, 1.82) is 5.41 Å². The van der Waals surface area contributed by atoms with Crippen molar-refractivity contribution >= 4 is 28.9 Å². The predicted octanol–water partition coefficient (Wildman–Crippen LogP) is 4.06. The van der Waals surface area contributed by atoms with Gasteiger partial charge in [-0.05, 0) is 51.2 Å². The van der Waals surface area contributed by atoms with Gasteiger partial charge in [-0.2, -0.15) is 0 Å². The first-order chi connectivity index (χ1) is 16.5. The number of phenolic OH excluding ortho intramolecular Hbond substituents is 1. The molecule has 0 spiro atoms. The van der Waals surface area contributed by atoms with Crippen LogP contribution in [0.5, 0.6) is 5.75 Å². The van der Waals surface area contributed by atoms with E-state index in [0.717, 1.165) is 16.1 Å². The van der Waals surface area contributed by atoms with E-state index in [-0.39, 0.29) is 29.9 Å². The number of nitrogens with zero attached hydrogens (tertiary/aromatic N) is 2. The molecule has 0 bridgehead atoms. The van der Waals surface area contributed by atoms with Gasteiger partial charge in [-0.25, -0.2) is 4.98 Å². The zero-order valence-corrected chi connectivity index (χ0v) is 21.9. The summed E-state index contributed by atoms with van der Waals surface area (Å²) in [4.78, 5) is 33.4. The third kappa shape index (κ3) is 6.08. The van der Waals surface area contributed by atoms with E-state index in [2.05, 4.69) is 10.3 Å². The molecule has 35 heavy (non-hydrogen) atoms. The highest BCUT2D eigenvalue weighted by Gasteiger charge is 2.40. The van der Waals surface area contributed by atoms with Crippen LogP contribution in [-0.4, -0.2) is 56.3 Å². The lowest BCUT2D eigenvalue weighted by Crippen LogP contribution is -2.51. The second kappa shape index (κ2) is 11.3. The number of aromatic hydroxyl groups is 1. The SMILES string of the molecule is CC(=N)CC(O)[C@H](C(=O)N1CCC[C@H]1C(=O)N[C@@H](C)c1ccc(-c2scnc2C)cc1O)C(C)C. The van der Waals surface area contributed by atoms with Gasteiger partial charge in [0.05, 0.1) is 34.1 Å². The van der Waals surface area contributed by atoms with Crippen LogP contribution >= 0.6 is 11.3 Å². The Balaban J connectivity index is 1.72. The first kappa shape index (κ1) is 26.8. The summed E-state index contributed by atoms with van der Waals surface area (Å²) in [5.74, 6) is -1.23. The van der Waals surface area contributed by atoms with Gasteiger partial charge >= 0.3 is 0 Å². The van der Waals surface area contributed by atoms with E-state index >= 15 is 0 Å². The third-order valence-electron chi connectivity index (χ3n) is 6.64. The van der Waals surface area contributed by atoms with Gasteiger partial charge < -0.3 is 25.8 Å². The number of aliphatic hydroxyl groups excluding tert-OH is 1. The number of rotatable bonds is 9. The maximum absolute atomic E-state index is 13.4. The lowest BCUT2D eigenvalue weighted by Gasteiger charge is -2.33. The van der Waals surface area contributed by atoms with Gasteiger partial charge in [0, 0.05) is 24.2 Å².